The topological polar surface area (TPSA) is 46.6 Å². The van der Waals surface area contributed by atoms with Gasteiger partial charge >= 0.3 is 5.97 Å². The molecule has 1 aromatic rings. The van der Waals surface area contributed by atoms with Gasteiger partial charge in [-0.25, -0.2) is 9.18 Å². The van der Waals surface area contributed by atoms with Gasteiger partial charge in [-0.05, 0) is 12.1 Å². The van der Waals surface area contributed by atoms with Crippen LogP contribution in [0.1, 0.15) is 16.8 Å². The maximum atomic E-state index is 14.2. The summed E-state index contributed by atoms with van der Waals surface area (Å²) >= 11 is 0. The van der Waals surface area contributed by atoms with Gasteiger partial charge in [-0.15, -0.1) is 12.3 Å². The van der Waals surface area contributed by atoms with Crippen molar-refractivity contribution in [1.82, 2.24) is 0 Å². The van der Waals surface area contributed by atoms with Gasteiger partial charge in [0.1, 0.15) is 0 Å². The van der Waals surface area contributed by atoms with E-state index in [1.54, 1.807) is 0 Å². The van der Waals surface area contributed by atoms with Crippen molar-refractivity contribution in [2.45, 2.75) is 6.42 Å². The summed E-state index contributed by atoms with van der Waals surface area (Å²) in [6, 6.07) is 4.25. The molecular formula is C14H12FNO3. The van der Waals surface area contributed by atoms with Crippen molar-refractivity contribution in [2.75, 3.05) is 18.6 Å². The third kappa shape index (κ3) is 2.29. The van der Waals surface area contributed by atoms with Crippen molar-refractivity contribution < 1.29 is 18.7 Å². The van der Waals surface area contributed by atoms with Crippen LogP contribution in [-0.2, 0) is 9.53 Å². The summed E-state index contributed by atoms with van der Waals surface area (Å²) in [6.45, 7) is 0.261. The summed E-state index contributed by atoms with van der Waals surface area (Å²) in [5.41, 5.74) is -0.136. The molecule has 1 aromatic carbocycles. The van der Waals surface area contributed by atoms with Gasteiger partial charge in [0.2, 0.25) is 5.91 Å². The van der Waals surface area contributed by atoms with Crippen LogP contribution in [-0.4, -0.2) is 25.5 Å². The summed E-state index contributed by atoms with van der Waals surface area (Å²) in [5.74, 6) is 0.469. The Kier molecular flexibility index (Phi) is 3.52. The molecule has 4 nitrogen and oxygen atoms in total. The lowest BCUT2D eigenvalue weighted by Crippen LogP contribution is -2.26. The normalized spacial score (nSPS) is 18.3. The van der Waals surface area contributed by atoms with Crippen molar-refractivity contribution >= 4 is 17.6 Å². The van der Waals surface area contributed by atoms with Crippen LogP contribution in [0.3, 0.4) is 0 Å². The highest BCUT2D eigenvalue weighted by molar-refractivity contribution is 5.98. The van der Waals surface area contributed by atoms with Gasteiger partial charge in [-0.1, -0.05) is 6.07 Å². The Hall–Kier alpha value is -2.35. The Labute approximate surface area is 110 Å². The quantitative estimate of drug-likeness (QED) is 0.600. The fourth-order valence-electron chi connectivity index (χ4n) is 2.05. The van der Waals surface area contributed by atoms with Gasteiger partial charge in [0, 0.05) is 18.9 Å². The largest absolute Gasteiger partial charge is 0.465 e. The van der Waals surface area contributed by atoms with Gasteiger partial charge in [0.15, 0.2) is 5.82 Å². The number of anilines is 1. The van der Waals surface area contributed by atoms with Crippen molar-refractivity contribution in [3.8, 4) is 12.3 Å². The first kappa shape index (κ1) is 13.1. The molecule has 0 saturated carbocycles. The first-order valence-electron chi connectivity index (χ1n) is 5.71. The van der Waals surface area contributed by atoms with Gasteiger partial charge < -0.3 is 9.64 Å². The summed E-state index contributed by atoms with van der Waals surface area (Å²) in [6.07, 6.45) is 5.47. The van der Waals surface area contributed by atoms with E-state index in [4.69, 9.17) is 6.42 Å². The van der Waals surface area contributed by atoms with Crippen molar-refractivity contribution in [2.24, 2.45) is 5.92 Å². The lowest BCUT2D eigenvalue weighted by molar-refractivity contribution is -0.117. The van der Waals surface area contributed by atoms with Crippen molar-refractivity contribution in [3.63, 3.8) is 0 Å². The highest BCUT2D eigenvalue weighted by Crippen LogP contribution is 2.28. The zero-order valence-electron chi connectivity index (χ0n) is 10.4. The number of carbonyl (C=O) groups is 2. The van der Waals surface area contributed by atoms with Crippen LogP contribution >= 0.6 is 0 Å². The lowest BCUT2D eigenvalue weighted by atomic mass is 10.1. The second-order valence-corrected chi connectivity index (χ2v) is 4.20. The van der Waals surface area contributed by atoms with E-state index in [0.29, 0.717) is 0 Å². The van der Waals surface area contributed by atoms with Crippen LogP contribution in [0.25, 0.3) is 0 Å². The molecule has 1 fully saturated rings. The third-order valence-electron chi connectivity index (χ3n) is 3.04. The molecule has 1 unspecified atom stereocenters. The molecule has 1 aliphatic heterocycles. The van der Waals surface area contributed by atoms with E-state index in [9.17, 15) is 14.0 Å². The van der Waals surface area contributed by atoms with E-state index >= 15 is 0 Å². The minimum Gasteiger partial charge on any atom is -0.465 e. The molecular weight excluding hydrogens is 249 g/mol. The van der Waals surface area contributed by atoms with Gasteiger partial charge in [0.25, 0.3) is 0 Å². The number of halogens is 1. The molecule has 0 aromatic heterocycles. The molecule has 1 amide bonds. The Morgan fingerprint density at radius 1 is 1.58 bits per heavy atom. The summed E-state index contributed by atoms with van der Waals surface area (Å²) in [4.78, 5) is 24.5. The molecule has 0 spiro atoms. The molecule has 19 heavy (non-hydrogen) atoms. The fourth-order valence-corrected chi connectivity index (χ4v) is 2.05. The monoisotopic (exact) mass is 261 g/mol. The van der Waals surface area contributed by atoms with E-state index in [1.807, 2.05) is 0 Å². The molecule has 0 N–H and O–H groups in total. The number of hydrogen-bond donors (Lipinski definition) is 0. The predicted octanol–water partition coefficient (Wildman–Crippen LogP) is 1.60. The van der Waals surface area contributed by atoms with E-state index in [-0.39, 0.29) is 36.0 Å². The fraction of sp³-hybridized carbons (Fsp3) is 0.286. The number of hydrogen-bond acceptors (Lipinski definition) is 3. The smallest absolute Gasteiger partial charge is 0.340 e. The molecule has 1 atom stereocenters. The third-order valence-corrected chi connectivity index (χ3v) is 3.04. The summed E-state index contributed by atoms with van der Waals surface area (Å²) in [7, 11) is 1.17. The van der Waals surface area contributed by atoms with Gasteiger partial charge in [-0.2, -0.15) is 0 Å². The molecule has 0 radical (unpaired) electrons. The maximum Gasteiger partial charge on any atom is 0.340 e. The first-order chi connectivity index (χ1) is 9.08. The van der Waals surface area contributed by atoms with Crippen LogP contribution in [0.4, 0.5) is 10.1 Å². The number of benzene rings is 1. The summed E-state index contributed by atoms with van der Waals surface area (Å²) < 4.78 is 18.7. The molecule has 1 aliphatic rings. The number of ether oxygens (including phenoxy) is 1. The number of terminal acetylenes is 1. The van der Waals surface area contributed by atoms with Gasteiger partial charge in [0.05, 0.1) is 18.4 Å². The Morgan fingerprint density at radius 3 is 2.89 bits per heavy atom. The zero-order chi connectivity index (χ0) is 14.0. The molecule has 2 rings (SSSR count). The Balaban J connectivity index is 2.39. The highest BCUT2D eigenvalue weighted by atomic mass is 19.1. The lowest BCUT2D eigenvalue weighted by Gasteiger charge is -2.17. The first-order valence-corrected chi connectivity index (χ1v) is 5.71. The van der Waals surface area contributed by atoms with Crippen LogP contribution < -0.4 is 4.90 Å². The molecule has 5 heteroatoms. The SMILES string of the molecule is C#CC1CC(=O)N(c2cccc(C(=O)OC)c2F)C1. The highest BCUT2D eigenvalue weighted by Gasteiger charge is 2.32. The average Bonchev–Trinajstić information content (AvgIpc) is 2.79. The molecule has 1 saturated heterocycles. The maximum absolute atomic E-state index is 14.2. The van der Waals surface area contributed by atoms with Crippen molar-refractivity contribution in [3.05, 3.63) is 29.6 Å². The molecule has 0 bridgehead atoms. The number of amides is 1. The van der Waals surface area contributed by atoms with Gasteiger partial charge in [-0.3, -0.25) is 4.79 Å². The second-order valence-electron chi connectivity index (χ2n) is 4.20. The van der Waals surface area contributed by atoms with Crippen LogP contribution in [0.2, 0.25) is 0 Å². The zero-order valence-corrected chi connectivity index (χ0v) is 10.4. The van der Waals surface area contributed by atoms with Crippen LogP contribution in [0.5, 0.6) is 0 Å². The number of esters is 1. The van der Waals surface area contributed by atoms with E-state index in [2.05, 4.69) is 10.7 Å². The summed E-state index contributed by atoms with van der Waals surface area (Å²) in [5, 5.41) is 0. The number of methoxy groups -OCH3 is 1. The Bertz CT molecular complexity index is 577. The minimum absolute atomic E-state index is 0.0608. The number of rotatable bonds is 2. The molecule has 98 valence electrons. The molecule has 0 aliphatic carbocycles. The van der Waals surface area contributed by atoms with E-state index in [1.165, 1.54) is 30.2 Å². The van der Waals surface area contributed by atoms with E-state index < -0.39 is 11.8 Å². The number of nitrogens with zero attached hydrogens (tertiary/aromatic N) is 1. The Morgan fingerprint density at radius 2 is 2.32 bits per heavy atom. The van der Waals surface area contributed by atoms with Crippen molar-refractivity contribution in [1.29, 1.82) is 0 Å². The van der Waals surface area contributed by atoms with Crippen LogP contribution in [0, 0.1) is 24.1 Å². The van der Waals surface area contributed by atoms with Crippen LogP contribution in [0.15, 0.2) is 18.2 Å². The molecule has 1 heterocycles. The van der Waals surface area contributed by atoms with E-state index in [0.717, 1.165) is 0 Å². The average molecular weight is 261 g/mol. The standard InChI is InChI=1S/C14H12FNO3/c1-3-9-7-12(17)16(8-9)11-6-4-5-10(13(11)15)14(18)19-2/h1,4-6,9H,7-8H2,2H3. The predicted molar refractivity (Wildman–Crippen MR) is 67.0 cm³/mol. The number of carbonyl (C=O) groups excluding carboxylic acids is 2. The minimum atomic E-state index is -0.778. The second kappa shape index (κ2) is 5.11.